The van der Waals surface area contributed by atoms with Gasteiger partial charge < -0.3 is 20.1 Å². The molecule has 4 aromatic carbocycles. The third-order valence-electron chi connectivity index (χ3n) is 5.95. The van der Waals surface area contributed by atoms with E-state index < -0.39 is 11.9 Å². The Morgan fingerprint density at radius 2 is 1.64 bits per heavy atom. The second kappa shape index (κ2) is 9.76. The number of ether oxygens (including phenoxy) is 1. The highest BCUT2D eigenvalue weighted by atomic mass is 16.5. The van der Waals surface area contributed by atoms with Crippen LogP contribution in [0.3, 0.4) is 0 Å². The van der Waals surface area contributed by atoms with Gasteiger partial charge in [0.2, 0.25) is 0 Å². The number of carboxylic acid groups (broad SMARTS) is 1. The summed E-state index contributed by atoms with van der Waals surface area (Å²) in [5.41, 5.74) is 3.16. The molecule has 0 radical (unpaired) electrons. The van der Waals surface area contributed by atoms with Crippen LogP contribution in [0.15, 0.2) is 97.1 Å². The number of aromatic carboxylic acids is 1. The second-order valence-corrected chi connectivity index (χ2v) is 8.34. The summed E-state index contributed by atoms with van der Waals surface area (Å²) in [5, 5.41) is 12.5. The van der Waals surface area contributed by atoms with Crippen LogP contribution in [-0.2, 0) is 13.2 Å². The smallest absolute Gasteiger partial charge is 0.336 e. The normalized spacial score (nSPS) is 12.2. The van der Waals surface area contributed by atoms with E-state index in [-0.39, 0.29) is 17.0 Å². The van der Waals surface area contributed by atoms with Gasteiger partial charge in [0.1, 0.15) is 12.4 Å². The van der Waals surface area contributed by atoms with E-state index in [4.69, 9.17) is 4.74 Å². The van der Waals surface area contributed by atoms with Gasteiger partial charge in [-0.2, -0.15) is 0 Å². The molecule has 0 aliphatic carbocycles. The topological polar surface area (TPSA) is 95.9 Å². The number of carbonyl (C=O) groups excluding carboxylic acids is 2. The molecule has 2 N–H and O–H groups in total. The summed E-state index contributed by atoms with van der Waals surface area (Å²) < 4.78 is 5.81. The van der Waals surface area contributed by atoms with Crippen LogP contribution < -0.4 is 15.0 Å². The number of fused-ring (bicyclic) bond motifs is 1. The summed E-state index contributed by atoms with van der Waals surface area (Å²) in [6.07, 6.45) is 0. The van der Waals surface area contributed by atoms with E-state index in [1.807, 2.05) is 42.5 Å². The zero-order valence-corrected chi connectivity index (χ0v) is 19.2. The highest BCUT2D eigenvalue weighted by molar-refractivity contribution is 6.13. The average Bonchev–Trinajstić information content (AvgIpc) is 3.24. The molecule has 7 heteroatoms. The SMILES string of the molecule is O=C(O)c1cc(N2Cc3ccccc3C2=O)ccc1C(=O)Nc1cccc(OCc2ccccc2)c1. The molecule has 0 saturated heterocycles. The first-order valence-corrected chi connectivity index (χ1v) is 11.3. The standard InChI is InChI=1S/C29H22N2O5/c32-27(30-21-10-6-11-23(15-21)36-18-19-7-2-1-3-8-19)25-14-13-22(16-26(25)29(34)35)31-17-20-9-4-5-12-24(20)28(31)33/h1-16H,17-18H2,(H,30,32)(H,34,35). The molecular formula is C29H22N2O5. The molecule has 0 atom stereocenters. The number of rotatable bonds is 7. The van der Waals surface area contributed by atoms with Crippen LogP contribution in [0.2, 0.25) is 0 Å². The van der Waals surface area contributed by atoms with Crippen LogP contribution in [0.4, 0.5) is 11.4 Å². The molecule has 0 bridgehead atoms. The maximum Gasteiger partial charge on any atom is 0.336 e. The van der Waals surface area contributed by atoms with E-state index in [1.165, 1.54) is 17.0 Å². The maximum absolute atomic E-state index is 13.0. The number of carbonyl (C=O) groups is 3. The Kier molecular flexibility index (Phi) is 6.19. The minimum absolute atomic E-state index is 0.00832. The van der Waals surface area contributed by atoms with Crippen LogP contribution in [0.5, 0.6) is 5.75 Å². The molecule has 36 heavy (non-hydrogen) atoms. The van der Waals surface area contributed by atoms with E-state index in [0.717, 1.165) is 11.1 Å². The summed E-state index contributed by atoms with van der Waals surface area (Å²) in [6.45, 7) is 0.720. The molecule has 0 spiro atoms. The highest BCUT2D eigenvalue weighted by Gasteiger charge is 2.29. The summed E-state index contributed by atoms with van der Waals surface area (Å²) in [4.78, 5) is 39.3. The second-order valence-electron chi connectivity index (χ2n) is 8.34. The van der Waals surface area contributed by atoms with Crippen LogP contribution in [-0.4, -0.2) is 22.9 Å². The fourth-order valence-corrected chi connectivity index (χ4v) is 4.14. The molecule has 0 aromatic heterocycles. The lowest BCUT2D eigenvalue weighted by Crippen LogP contribution is -2.24. The van der Waals surface area contributed by atoms with Crippen LogP contribution in [0.25, 0.3) is 0 Å². The molecule has 178 valence electrons. The van der Waals surface area contributed by atoms with Gasteiger partial charge in [-0.25, -0.2) is 4.79 Å². The molecule has 7 nitrogen and oxygen atoms in total. The van der Waals surface area contributed by atoms with Crippen molar-refractivity contribution in [1.82, 2.24) is 0 Å². The first-order chi connectivity index (χ1) is 17.5. The number of benzene rings is 4. The largest absolute Gasteiger partial charge is 0.489 e. The molecule has 1 aliphatic heterocycles. The van der Waals surface area contributed by atoms with Crippen molar-refractivity contribution in [3.63, 3.8) is 0 Å². The molecule has 0 unspecified atom stereocenters. The quantitative estimate of drug-likeness (QED) is 0.372. The van der Waals surface area contributed by atoms with Gasteiger partial charge in [0.05, 0.1) is 17.7 Å². The first kappa shape index (κ1) is 22.9. The Bertz CT molecular complexity index is 1470. The highest BCUT2D eigenvalue weighted by Crippen LogP contribution is 2.30. The van der Waals surface area contributed by atoms with Gasteiger partial charge in [-0.1, -0.05) is 54.6 Å². The fourth-order valence-electron chi connectivity index (χ4n) is 4.14. The zero-order valence-electron chi connectivity index (χ0n) is 19.2. The van der Waals surface area contributed by atoms with Crippen LogP contribution in [0, 0.1) is 0 Å². The van der Waals surface area contributed by atoms with Crippen molar-refractivity contribution >= 4 is 29.2 Å². The number of anilines is 2. The maximum atomic E-state index is 13.0. The Hall–Kier alpha value is -4.91. The number of carboxylic acids is 1. The minimum Gasteiger partial charge on any atom is -0.489 e. The molecular weight excluding hydrogens is 456 g/mol. The van der Waals surface area contributed by atoms with E-state index in [0.29, 0.717) is 35.8 Å². The fraction of sp³-hybridized carbons (Fsp3) is 0.0690. The minimum atomic E-state index is -1.26. The Balaban J connectivity index is 1.33. The van der Waals surface area contributed by atoms with Gasteiger partial charge in [0, 0.05) is 23.0 Å². The van der Waals surface area contributed by atoms with E-state index >= 15 is 0 Å². The number of nitrogens with zero attached hydrogens (tertiary/aromatic N) is 1. The van der Waals surface area contributed by atoms with Gasteiger partial charge in [-0.05, 0) is 47.5 Å². The lowest BCUT2D eigenvalue weighted by molar-refractivity contribution is 0.0692. The molecule has 0 fully saturated rings. The summed E-state index contributed by atoms with van der Waals surface area (Å²) in [6, 6.07) is 28.2. The molecule has 1 heterocycles. The Morgan fingerprint density at radius 3 is 2.42 bits per heavy atom. The van der Waals surface area contributed by atoms with E-state index in [9.17, 15) is 19.5 Å². The van der Waals surface area contributed by atoms with Gasteiger partial charge in [0.25, 0.3) is 11.8 Å². The number of hydrogen-bond donors (Lipinski definition) is 2. The molecule has 1 aliphatic rings. The third-order valence-corrected chi connectivity index (χ3v) is 5.95. The van der Waals surface area contributed by atoms with E-state index in [2.05, 4.69) is 5.32 Å². The summed E-state index contributed by atoms with van der Waals surface area (Å²) in [7, 11) is 0. The van der Waals surface area contributed by atoms with Crippen LogP contribution in [0.1, 0.15) is 42.2 Å². The molecule has 0 saturated carbocycles. The molecule has 5 rings (SSSR count). The Labute approximate surface area is 207 Å². The number of hydrogen-bond acceptors (Lipinski definition) is 4. The van der Waals surface area contributed by atoms with Gasteiger partial charge in [-0.3, -0.25) is 9.59 Å². The van der Waals surface area contributed by atoms with Crippen molar-refractivity contribution in [2.45, 2.75) is 13.2 Å². The third kappa shape index (κ3) is 4.67. The van der Waals surface area contributed by atoms with Crippen molar-refractivity contribution < 1.29 is 24.2 Å². The number of nitrogens with one attached hydrogen (secondary N) is 1. The average molecular weight is 479 g/mol. The van der Waals surface area contributed by atoms with Gasteiger partial charge in [0.15, 0.2) is 0 Å². The van der Waals surface area contributed by atoms with Crippen molar-refractivity contribution in [2.24, 2.45) is 0 Å². The monoisotopic (exact) mass is 478 g/mol. The van der Waals surface area contributed by atoms with Crippen LogP contribution >= 0.6 is 0 Å². The molecule has 2 amide bonds. The lowest BCUT2D eigenvalue weighted by atomic mass is 10.0. The first-order valence-electron chi connectivity index (χ1n) is 11.3. The Morgan fingerprint density at radius 1 is 0.861 bits per heavy atom. The number of amides is 2. The van der Waals surface area contributed by atoms with E-state index in [1.54, 1.807) is 42.5 Å². The predicted molar refractivity (Wildman–Crippen MR) is 136 cm³/mol. The van der Waals surface area contributed by atoms with Crippen molar-refractivity contribution in [1.29, 1.82) is 0 Å². The summed E-state index contributed by atoms with van der Waals surface area (Å²) in [5.74, 6) is -1.47. The van der Waals surface area contributed by atoms with Crippen molar-refractivity contribution in [3.05, 3.63) is 125 Å². The predicted octanol–water partition coefficient (Wildman–Crippen LogP) is 5.38. The lowest BCUT2D eigenvalue weighted by Gasteiger charge is -2.18. The zero-order chi connectivity index (χ0) is 25.1. The summed E-state index contributed by atoms with van der Waals surface area (Å²) >= 11 is 0. The molecule has 4 aromatic rings. The van der Waals surface area contributed by atoms with Gasteiger partial charge in [-0.15, -0.1) is 0 Å². The van der Waals surface area contributed by atoms with Gasteiger partial charge >= 0.3 is 5.97 Å². The van der Waals surface area contributed by atoms with Crippen molar-refractivity contribution in [2.75, 3.05) is 10.2 Å². The van der Waals surface area contributed by atoms with Crippen molar-refractivity contribution in [3.8, 4) is 5.75 Å².